The molecule has 7 heteroatoms. The van der Waals surface area contributed by atoms with Crippen molar-refractivity contribution in [3.63, 3.8) is 0 Å². The molecule has 0 radical (unpaired) electrons. The largest absolute Gasteiger partial charge is 0.455 e. The quantitative estimate of drug-likeness (QED) is 0.916. The van der Waals surface area contributed by atoms with Crippen LogP contribution in [0.15, 0.2) is 16.5 Å². The van der Waals surface area contributed by atoms with Crippen LogP contribution in [-0.4, -0.2) is 38.1 Å². The van der Waals surface area contributed by atoms with Crippen molar-refractivity contribution in [1.82, 2.24) is 9.62 Å². The van der Waals surface area contributed by atoms with Crippen molar-refractivity contribution in [2.45, 2.75) is 45.7 Å². The monoisotopic (exact) mass is 328 g/mol. The number of nitrogens with zero attached hydrogens (tertiary/aromatic N) is 1. The minimum Gasteiger partial charge on any atom is -0.455 e. The molecule has 0 saturated carbocycles. The molecule has 1 fully saturated rings. The molecule has 0 spiro atoms. The molecule has 0 bridgehead atoms. The van der Waals surface area contributed by atoms with E-state index in [1.54, 1.807) is 12.1 Å². The molecule has 2 rings (SSSR count). The lowest BCUT2D eigenvalue weighted by molar-refractivity contribution is 0.0643. The second-order valence-corrected chi connectivity index (χ2v) is 8.03. The highest BCUT2D eigenvalue weighted by molar-refractivity contribution is 7.88. The van der Waals surface area contributed by atoms with Crippen molar-refractivity contribution in [3.8, 4) is 0 Å². The fourth-order valence-electron chi connectivity index (χ4n) is 2.74. The van der Waals surface area contributed by atoms with Gasteiger partial charge in [0, 0.05) is 12.6 Å². The summed E-state index contributed by atoms with van der Waals surface area (Å²) < 4.78 is 30.0. The summed E-state index contributed by atoms with van der Waals surface area (Å²) in [5.74, 6) is 1.07. The third kappa shape index (κ3) is 4.58. The Morgan fingerprint density at radius 2 is 2.09 bits per heavy atom. The SMILES string of the molecule is C[C@@H]1CCC[C@@H](C)N(C(=O)c2ccc(CNS(C)(=O)=O)o2)C1. The van der Waals surface area contributed by atoms with Gasteiger partial charge in [-0.2, -0.15) is 0 Å². The topological polar surface area (TPSA) is 79.6 Å². The van der Waals surface area contributed by atoms with E-state index < -0.39 is 10.0 Å². The maximum atomic E-state index is 12.6. The Kier molecular flexibility index (Phi) is 5.28. The summed E-state index contributed by atoms with van der Waals surface area (Å²) in [5.41, 5.74) is 0. The van der Waals surface area contributed by atoms with Gasteiger partial charge in [-0.15, -0.1) is 0 Å². The Morgan fingerprint density at radius 1 is 1.36 bits per heavy atom. The summed E-state index contributed by atoms with van der Waals surface area (Å²) >= 11 is 0. The first-order chi connectivity index (χ1) is 10.3. The highest BCUT2D eigenvalue weighted by Gasteiger charge is 2.27. The number of amides is 1. The van der Waals surface area contributed by atoms with Crippen molar-refractivity contribution in [3.05, 3.63) is 23.7 Å². The minimum atomic E-state index is -3.28. The summed E-state index contributed by atoms with van der Waals surface area (Å²) in [6.45, 7) is 5.00. The fraction of sp³-hybridized carbons (Fsp3) is 0.667. The van der Waals surface area contributed by atoms with Crippen LogP contribution in [0, 0.1) is 5.92 Å². The van der Waals surface area contributed by atoms with Gasteiger partial charge in [0.1, 0.15) is 5.76 Å². The minimum absolute atomic E-state index is 0.0536. The Bertz CT molecular complexity index is 623. The van der Waals surface area contributed by atoms with Crippen molar-refractivity contribution in [2.24, 2.45) is 5.92 Å². The van der Waals surface area contributed by atoms with E-state index in [9.17, 15) is 13.2 Å². The van der Waals surface area contributed by atoms with Crippen LogP contribution in [0.4, 0.5) is 0 Å². The van der Waals surface area contributed by atoms with Crippen molar-refractivity contribution in [1.29, 1.82) is 0 Å². The number of sulfonamides is 1. The van der Waals surface area contributed by atoms with Gasteiger partial charge in [-0.25, -0.2) is 13.1 Å². The van der Waals surface area contributed by atoms with Crippen molar-refractivity contribution in [2.75, 3.05) is 12.8 Å². The average molecular weight is 328 g/mol. The van der Waals surface area contributed by atoms with Gasteiger partial charge in [0.25, 0.3) is 5.91 Å². The zero-order valence-electron chi connectivity index (χ0n) is 13.3. The van der Waals surface area contributed by atoms with E-state index in [0.29, 0.717) is 11.7 Å². The molecule has 0 unspecified atom stereocenters. The van der Waals surface area contributed by atoms with Crippen molar-refractivity contribution < 1.29 is 17.6 Å². The molecule has 2 heterocycles. The molecule has 6 nitrogen and oxygen atoms in total. The van der Waals surface area contributed by atoms with Gasteiger partial charge in [0.2, 0.25) is 10.0 Å². The van der Waals surface area contributed by atoms with E-state index in [2.05, 4.69) is 18.6 Å². The van der Waals surface area contributed by atoms with Crippen LogP contribution in [0.2, 0.25) is 0 Å². The number of carbonyl (C=O) groups is 1. The molecule has 22 heavy (non-hydrogen) atoms. The fourth-order valence-corrected chi connectivity index (χ4v) is 3.14. The van der Waals surface area contributed by atoms with Gasteiger partial charge in [0.05, 0.1) is 12.8 Å². The van der Waals surface area contributed by atoms with E-state index in [1.807, 2.05) is 4.90 Å². The Labute approximate surface area is 131 Å². The smallest absolute Gasteiger partial charge is 0.289 e. The maximum absolute atomic E-state index is 12.6. The van der Waals surface area contributed by atoms with Crippen LogP contribution in [-0.2, 0) is 16.6 Å². The first-order valence-corrected chi connectivity index (χ1v) is 9.49. The molecule has 1 N–H and O–H groups in total. The van der Waals surface area contributed by atoms with Crippen molar-refractivity contribution >= 4 is 15.9 Å². The highest BCUT2D eigenvalue weighted by atomic mass is 32.2. The molecule has 1 saturated heterocycles. The van der Waals surface area contributed by atoms with E-state index in [4.69, 9.17) is 4.42 Å². The Morgan fingerprint density at radius 3 is 2.77 bits per heavy atom. The van der Waals surface area contributed by atoms with Gasteiger partial charge < -0.3 is 9.32 Å². The summed E-state index contributed by atoms with van der Waals surface area (Å²) in [5, 5.41) is 0. The van der Waals surface area contributed by atoms with Crippen LogP contribution in [0.25, 0.3) is 0 Å². The summed E-state index contributed by atoms with van der Waals surface area (Å²) in [6.07, 6.45) is 4.35. The van der Waals surface area contributed by atoms with Crippen LogP contribution in [0.3, 0.4) is 0 Å². The molecule has 124 valence electrons. The van der Waals surface area contributed by atoms with Gasteiger partial charge >= 0.3 is 0 Å². The number of furan rings is 1. The Balaban J connectivity index is 2.07. The van der Waals surface area contributed by atoms with Gasteiger partial charge in [-0.05, 0) is 37.8 Å². The van der Waals surface area contributed by atoms with Crippen LogP contribution < -0.4 is 4.72 Å². The summed E-state index contributed by atoms with van der Waals surface area (Å²) in [6, 6.07) is 3.45. The lowest BCUT2D eigenvalue weighted by Gasteiger charge is -2.27. The number of likely N-dealkylation sites (tertiary alicyclic amines) is 1. The Hall–Kier alpha value is -1.34. The van der Waals surface area contributed by atoms with E-state index >= 15 is 0 Å². The molecule has 1 aliphatic heterocycles. The standard InChI is InChI=1S/C15H24N2O4S/c1-11-5-4-6-12(2)17(10-11)15(18)14-8-7-13(21-14)9-16-22(3,19)20/h7-8,11-12,16H,4-6,9-10H2,1-3H3/t11-,12-/m1/s1. The number of rotatable bonds is 4. The molecule has 1 amide bonds. The predicted octanol–water partition coefficient (Wildman–Crippen LogP) is 1.98. The van der Waals surface area contributed by atoms with Gasteiger partial charge in [-0.1, -0.05) is 13.3 Å². The molecule has 0 aromatic carbocycles. The van der Waals surface area contributed by atoms with E-state index in [-0.39, 0.29) is 24.3 Å². The average Bonchev–Trinajstić information content (AvgIpc) is 2.83. The lowest BCUT2D eigenvalue weighted by atomic mass is 10.1. The maximum Gasteiger partial charge on any atom is 0.289 e. The second-order valence-electron chi connectivity index (χ2n) is 6.20. The van der Waals surface area contributed by atoms with Gasteiger partial charge in [-0.3, -0.25) is 4.79 Å². The normalized spacial score (nSPS) is 23.3. The first-order valence-electron chi connectivity index (χ1n) is 7.60. The highest BCUT2D eigenvalue weighted by Crippen LogP contribution is 2.23. The first kappa shape index (κ1) is 17.0. The molecular weight excluding hydrogens is 304 g/mol. The molecular formula is C15H24N2O4S. The van der Waals surface area contributed by atoms with Gasteiger partial charge in [0.15, 0.2) is 5.76 Å². The number of hydrogen-bond acceptors (Lipinski definition) is 4. The number of nitrogens with one attached hydrogen (secondary N) is 1. The zero-order chi connectivity index (χ0) is 16.3. The predicted molar refractivity (Wildman–Crippen MR) is 83.9 cm³/mol. The zero-order valence-corrected chi connectivity index (χ0v) is 14.1. The van der Waals surface area contributed by atoms with Crippen LogP contribution in [0.5, 0.6) is 0 Å². The van der Waals surface area contributed by atoms with E-state index in [1.165, 1.54) is 0 Å². The molecule has 2 atom stereocenters. The van der Waals surface area contributed by atoms with Crippen LogP contribution >= 0.6 is 0 Å². The third-order valence-electron chi connectivity index (χ3n) is 4.00. The lowest BCUT2D eigenvalue weighted by Crippen LogP contribution is -2.39. The summed E-state index contributed by atoms with van der Waals surface area (Å²) in [7, 11) is -3.28. The number of carbonyl (C=O) groups excluding carboxylic acids is 1. The van der Waals surface area contributed by atoms with Crippen LogP contribution in [0.1, 0.15) is 49.4 Å². The third-order valence-corrected chi connectivity index (χ3v) is 4.67. The molecule has 0 aliphatic carbocycles. The second kappa shape index (κ2) is 6.83. The van der Waals surface area contributed by atoms with E-state index in [0.717, 1.165) is 32.1 Å². The number of hydrogen-bond donors (Lipinski definition) is 1. The molecule has 1 aromatic rings. The molecule has 1 aliphatic rings. The molecule has 1 aromatic heterocycles. The summed E-state index contributed by atoms with van der Waals surface area (Å²) in [4.78, 5) is 14.5.